The molecule has 0 aliphatic carbocycles. The minimum atomic E-state index is -1.32. The summed E-state index contributed by atoms with van der Waals surface area (Å²) in [5.41, 5.74) is 2.41. The van der Waals surface area contributed by atoms with Crippen LogP contribution in [-0.4, -0.2) is 31.9 Å². The first-order valence-electron chi connectivity index (χ1n) is 9.28. The monoisotopic (exact) mass is 420 g/mol. The smallest absolute Gasteiger partial charge is 0.343 e. The van der Waals surface area contributed by atoms with E-state index < -0.39 is 17.7 Å². The van der Waals surface area contributed by atoms with Crippen molar-refractivity contribution in [1.29, 1.82) is 0 Å². The quantitative estimate of drug-likeness (QED) is 0.500. The Morgan fingerprint density at radius 1 is 1.06 bits per heavy atom. The number of benzene rings is 2. The number of rotatable bonds is 5. The van der Waals surface area contributed by atoms with Crippen molar-refractivity contribution in [2.45, 2.75) is 13.8 Å². The Balaban J connectivity index is 1.75. The Bertz CT molecular complexity index is 1280. The molecule has 2 N–H and O–H groups in total. The maximum atomic E-state index is 13.1. The molecule has 0 bridgehead atoms. The average molecular weight is 420 g/mol. The Morgan fingerprint density at radius 3 is 2.39 bits per heavy atom. The summed E-state index contributed by atoms with van der Waals surface area (Å²) >= 11 is 0. The zero-order valence-electron chi connectivity index (χ0n) is 16.6. The number of halogens is 1. The number of para-hydroxylation sites is 1. The van der Waals surface area contributed by atoms with E-state index in [9.17, 15) is 19.1 Å². The summed E-state index contributed by atoms with van der Waals surface area (Å²) in [5.74, 6) is -2.79. The zero-order chi connectivity index (χ0) is 22.1. The first-order valence-corrected chi connectivity index (χ1v) is 9.28. The van der Waals surface area contributed by atoms with Crippen molar-refractivity contribution in [3.63, 3.8) is 0 Å². The van der Waals surface area contributed by atoms with Crippen molar-refractivity contribution in [2.75, 3.05) is 5.32 Å². The third kappa shape index (κ3) is 3.68. The number of amides is 1. The zero-order valence-corrected chi connectivity index (χ0v) is 16.6. The number of nitrogens with one attached hydrogen (secondary N) is 1. The average Bonchev–Trinajstić information content (AvgIpc) is 3.29. The normalized spacial score (nSPS) is 10.8. The number of anilines is 1. The summed E-state index contributed by atoms with van der Waals surface area (Å²) in [6, 6.07) is 14.2. The molecule has 4 aromatic rings. The van der Waals surface area contributed by atoms with E-state index in [4.69, 9.17) is 4.52 Å². The second kappa shape index (κ2) is 7.86. The molecule has 4 rings (SSSR count). The lowest BCUT2D eigenvalue weighted by Gasteiger charge is -2.05. The van der Waals surface area contributed by atoms with Crippen LogP contribution in [0, 0.1) is 19.7 Å². The molecule has 0 saturated carbocycles. The maximum absolute atomic E-state index is 13.1. The van der Waals surface area contributed by atoms with Crippen molar-refractivity contribution < 1.29 is 23.6 Å². The number of nitrogens with zero attached hydrogens (tertiary/aromatic N) is 3. The summed E-state index contributed by atoms with van der Waals surface area (Å²) in [6.45, 7) is 3.53. The van der Waals surface area contributed by atoms with E-state index in [1.165, 1.54) is 12.1 Å². The second-order valence-electron chi connectivity index (χ2n) is 6.79. The fraction of sp³-hybridized carbons (Fsp3) is 0.0909. The number of aromatic nitrogens is 3. The Morgan fingerprint density at radius 2 is 1.74 bits per heavy atom. The molecule has 2 aromatic carbocycles. The lowest BCUT2D eigenvalue weighted by Crippen LogP contribution is -2.14. The van der Waals surface area contributed by atoms with Crippen LogP contribution in [0.4, 0.5) is 10.3 Å². The molecule has 0 saturated heterocycles. The fourth-order valence-electron chi connectivity index (χ4n) is 3.33. The van der Waals surface area contributed by atoms with Crippen LogP contribution in [-0.2, 0) is 0 Å². The van der Waals surface area contributed by atoms with Gasteiger partial charge in [0.1, 0.15) is 11.5 Å². The lowest BCUT2D eigenvalue weighted by molar-refractivity contribution is 0.0698. The number of carbonyl (C=O) groups excluding carboxylic acids is 1. The number of hydrogen-bond donors (Lipinski definition) is 2. The molecule has 2 heterocycles. The van der Waals surface area contributed by atoms with Crippen LogP contribution in [0.5, 0.6) is 0 Å². The molecule has 0 unspecified atom stereocenters. The van der Waals surface area contributed by atoms with Crippen molar-refractivity contribution in [1.82, 2.24) is 14.9 Å². The highest BCUT2D eigenvalue weighted by molar-refractivity contribution is 6.08. The van der Waals surface area contributed by atoms with E-state index in [-0.39, 0.29) is 22.7 Å². The fourth-order valence-corrected chi connectivity index (χ4v) is 3.33. The number of aryl methyl sites for hydroxylation is 1. The SMILES string of the molecule is Cc1nn(-c2ccccc2)c(C)c1-c1noc(NC(=O)c2ccc(F)cc2)c1C(=O)O. The van der Waals surface area contributed by atoms with Crippen LogP contribution in [0.3, 0.4) is 0 Å². The Labute approximate surface area is 175 Å². The summed E-state index contributed by atoms with van der Waals surface area (Å²) in [7, 11) is 0. The molecule has 2 aromatic heterocycles. The third-order valence-corrected chi connectivity index (χ3v) is 4.77. The molecular weight excluding hydrogens is 403 g/mol. The third-order valence-electron chi connectivity index (χ3n) is 4.77. The van der Waals surface area contributed by atoms with Gasteiger partial charge in [0.2, 0.25) is 5.88 Å². The predicted molar refractivity (Wildman–Crippen MR) is 110 cm³/mol. The highest BCUT2D eigenvalue weighted by Crippen LogP contribution is 2.34. The molecular formula is C22H17FN4O4. The van der Waals surface area contributed by atoms with Crippen molar-refractivity contribution in [3.05, 3.63) is 82.9 Å². The van der Waals surface area contributed by atoms with Gasteiger partial charge in [0.05, 0.1) is 17.1 Å². The summed E-state index contributed by atoms with van der Waals surface area (Å²) in [6.07, 6.45) is 0. The van der Waals surface area contributed by atoms with Crippen LogP contribution in [0.1, 0.15) is 32.1 Å². The van der Waals surface area contributed by atoms with E-state index in [1.54, 1.807) is 18.5 Å². The molecule has 0 fully saturated rings. The van der Waals surface area contributed by atoms with Gasteiger partial charge in [0.25, 0.3) is 5.91 Å². The minimum Gasteiger partial charge on any atom is -0.477 e. The number of carboxylic acids is 1. The molecule has 9 heteroatoms. The highest BCUT2D eigenvalue weighted by atomic mass is 19.1. The molecule has 0 aliphatic heterocycles. The minimum absolute atomic E-state index is 0.0547. The Hall–Kier alpha value is -4.27. The van der Waals surface area contributed by atoms with E-state index in [0.717, 1.165) is 17.8 Å². The topological polar surface area (TPSA) is 110 Å². The van der Waals surface area contributed by atoms with E-state index in [0.29, 0.717) is 17.0 Å². The van der Waals surface area contributed by atoms with Gasteiger partial charge in [-0.2, -0.15) is 5.10 Å². The van der Waals surface area contributed by atoms with Gasteiger partial charge in [-0.05, 0) is 50.2 Å². The van der Waals surface area contributed by atoms with Crippen LogP contribution in [0.15, 0.2) is 59.1 Å². The number of aromatic carboxylic acids is 1. The summed E-state index contributed by atoms with van der Waals surface area (Å²) in [4.78, 5) is 24.4. The predicted octanol–water partition coefficient (Wildman–Crippen LogP) is 4.23. The standard InChI is InChI=1S/C22H17FN4O4/c1-12-17(13(2)27(25-12)16-6-4-3-5-7-16)19-18(22(29)30)21(31-26-19)24-20(28)14-8-10-15(23)11-9-14/h3-11H,1-2H3,(H,24,28)(H,29,30). The summed E-state index contributed by atoms with van der Waals surface area (Å²) in [5, 5.41) is 20.6. The maximum Gasteiger partial charge on any atom is 0.343 e. The number of carboxylic acid groups (broad SMARTS) is 1. The van der Waals surface area contributed by atoms with Gasteiger partial charge in [0.15, 0.2) is 5.56 Å². The van der Waals surface area contributed by atoms with Crippen molar-refractivity contribution in [3.8, 4) is 16.9 Å². The number of hydrogen-bond acceptors (Lipinski definition) is 5. The van der Waals surface area contributed by atoms with Gasteiger partial charge in [-0.15, -0.1) is 0 Å². The molecule has 31 heavy (non-hydrogen) atoms. The van der Waals surface area contributed by atoms with E-state index in [1.807, 2.05) is 30.3 Å². The van der Waals surface area contributed by atoms with Gasteiger partial charge < -0.3 is 9.63 Å². The van der Waals surface area contributed by atoms with E-state index >= 15 is 0 Å². The van der Waals surface area contributed by atoms with Gasteiger partial charge in [-0.3, -0.25) is 10.1 Å². The molecule has 0 atom stereocenters. The van der Waals surface area contributed by atoms with Gasteiger partial charge in [0, 0.05) is 11.1 Å². The second-order valence-corrected chi connectivity index (χ2v) is 6.79. The molecule has 8 nitrogen and oxygen atoms in total. The van der Waals surface area contributed by atoms with E-state index in [2.05, 4.69) is 15.6 Å². The van der Waals surface area contributed by atoms with Crippen molar-refractivity contribution >= 4 is 17.8 Å². The Kier molecular flexibility index (Phi) is 5.08. The largest absolute Gasteiger partial charge is 0.477 e. The molecule has 0 spiro atoms. The van der Waals surface area contributed by atoms with Crippen LogP contribution in [0.25, 0.3) is 16.9 Å². The number of carbonyl (C=O) groups is 2. The molecule has 1 amide bonds. The van der Waals surface area contributed by atoms with Gasteiger partial charge in [-0.25, -0.2) is 13.9 Å². The van der Waals surface area contributed by atoms with Gasteiger partial charge >= 0.3 is 5.97 Å². The molecule has 0 radical (unpaired) electrons. The van der Waals surface area contributed by atoms with Crippen LogP contribution in [0.2, 0.25) is 0 Å². The van der Waals surface area contributed by atoms with Crippen LogP contribution < -0.4 is 5.32 Å². The first kappa shape index (κ1) is 20.0. The molecule has 156 valence electrons. The highest BCUT2D eigenvalue weighted by Gasteiger charge is 2.29. The van der Waals surface area contributed by atoms with Crippen LogP contribution >= 0.6 is 0 Å². The lowest BCUT2D eigenvalue weighted by atomic mass is 10.1. The van der Waals surface area contributed by atoms with Crippen molar-refractivity contribution in [2.24, 2.45) is 0 Å². The van der Waals surface area contributed by atoms with Gasteiger partial charge in [-0.1, -0.05) is 23.4 Å². The first-order chi connectivity index (χ1) is 14.9. The summed E-state index contributed by atoms with van der Waals surface area (Å²) < 4.78 is 20.0. The molecule has 0 aliphatic rings.